The summed E-state index contributed by atoms with van der Waals surface area (Å²) in [5, 5.41) is 10.4. The van der Waals surface area contributed by atoms with Crippen molar-refractivity contribution >= 4 is 5.91 Å². The molecule has 0 unspecified atom stereocenters. The average Bonchev–Trinajstić information content (AvgIpc) is 2.48. The summed E-state index contributed by atoms with van der Waals surface area (Å²) in [5.41, 5.74) is 4.36. The summed E-state index contributed by atoms with van der Waals surface area (Å²) < 4.78 is 27.5. The van der Waals surface area contributed by atoms with Crippen LogP contribution in [0.15, 0.2) is 48.5 Å². The first-order valence-electron chi connectivity index (χ1n) is 6.82. The van der Waals surface area contributed by atoms with Crippen LogP contribution in [0, 0.1) is 5.82 Å². The number of halogens is 2. The lowest BCUT2D eigenvalue weighted by molar-refractivity contribution is -0.0241. The first kappa shape index (κ1) is 16.1. The van der Waals surface area contributed by atoms with Crippen LogP contribution in [-0.2, 0) is 12.0 Å². The molecule has 22 heavy (non-hydrogen) atoms. The molecule has 5 heteroatoms. The third-order valence-corrected chi connectivity index (χ3v) is 3.72. The molecule has 2 aromatic rings. The molecule has 116 valence electrons. The van der Waals surface area contributed by atoms with Gasteiger partial charge in [0.2, 0.25) is 5.91 Å². The molecule has 2 rings (SSSR count). The van der Waals surface area contributed by atoms with Crippen LogP contribution in [0.25, 0.3) is 0 Å². The Hall–Kier alpha value is -2.27. The van der Waals surface area contributed by atoms with Gasteiger partial charge in [0.15, 0.2) is 0 Å². The van der Waals surface area contributed by atoms with Gasteiger partial charge in [0.25, 0.3) is 0 Å². The summed E-state index contributed by atoms with van der Waals surface area (Å²) in [6.45, 7) is 1.32. The van der Waals surface area contributed by atoms with Crippen LogP contribution in [0.2, 0.25) is 0 Å². The van der Waals surface area contributed by atoms with Crippen LogP contribution in [0.5, 0.6) is 0 Å². The van der Waals surface area contributed by atoms with Crippen LogP contribution in [-0.4, -0.2) is 17.2 Å². The molecule has 0 saturated carbocycles. The Balaban J connectivity index is 2.26. The second-order valence-corrected chi connectivity index (χ2v) is 5.35. The highest BCUT2D eigenvalue weighted by Gasteiger charge is 2.34. The summed E-state index contributed by atoms with van der Waals surface area (Å²) in [7, 11) is 0. The lowest BCUT2D eigenvalue weighted by Gasteiger charge is -2.28. The highest BCUT2D eigenvalue weighted by atomic mass is 19.1. The summed E-state index contributed by atoms with van der Waals surface area (Å²) in [4.78, 5) is 11.4. The standard InChI is InChI=1S/C17H17F2NO2/c1-17(22,12-6-8-13(18)9-7-12)15(19)10-11-4-2-3-5-14(11)16(20)21/h2-9,15,22H,10H2,1H3,(H2,20,21)/t15-,17-/m1/s1. The molecule has 0 aliphatic rings. The number of benzene rings is 2. The van der Waals surface area contributed by atoms with E-state index in [0.717, 1.165) is 12.1 Å². The van der Waals surface area contributed by atoms with Crippen molar-refractivity contribution in [2.45, 2.75) is 25.1 Å². The summed E-state index contributed by atoms with van der Waals surface area (Å²) in [6, 6.07) is 11.4. The van der Waals surface area contributed by atoms with Gasteiger partial charge in [0, 0.05) is 12.0 Å². The van der Waals surface area contributed by atoms with Crippen molar-refractivity contribution < 1.29 is 18.7 Å². The van der Waals surface area contributed by atoms with Crippen LogP contribution in [0.4, 0.5) is 8.78 Å². The molecular weight excluding hydrogens is 288 g/mol. The molecule has 0 aliphatic carbocycles. The number of aliphatic hydroxyl groups is 1. The fourth-order valence-electron chi connectivity index (χ4n) is 2.30. The third kappa shape index (κ3) is 3.31. The minimum Gasteiger partial charge on any atom is -0.382 e. The number of carbonyl (C=O) groups excluding carboxylic acids is 1. The number of amides is 1. The second-order valence-electron chi connectivity index (χ2n) is 5.35. The van der Waals surface area contributed by atoms with Gasteiger partial charge >= 0.3 is 0 Å². The quantitative estimate of drug-likeness (QED) is 0.892. The topological polar surface area (TPSA) is 63.3 Å². The van der Waals surface area contributed by atoms with E-state index in [1.807, 2.05) is 0 Å². The molecule has 2 aromatic carbocycles. The van der Waals surface area contributed by atoms with E-state index in [2.05, 4.69) is 0 Å². The molecule has 0 radical (unpaired) electrons. The van der Waals surface area contributed by atoms with Gasteiger partial charge in [-0.3, -0.25) is 4.79 Å². The largest absolute Gasteiger partial charge is 0.382 e. The van der Waals surface area contributed by atoms with Gasteiger partial charge in [-0.15, -0.1) is 0 Å². The lowest BCUT2D eigenvalue weighted by atomic mass is 9.86. The first-order valence-corrected chi connectivity index (χ1v) is 6.82. The summed E-state index contributed by atoms with van der Waals surface area (Å²) in [5.74, 6) is -1.11. The van der Waals surface area contributed by atoms with Gasteiger partial charge in [-0.25, -0.2) is 8.78 Å². The van der Waals surface area contributed by atoms with E-state index >= 15 is 0 Å². The third-order valence-electron chi connectivity index (χ3n) is 3.72. The second kappa shape index (κ2) is 6.23. The normalized spacial score (nSPS) is 15.1. The van der Waals surface area contributed by atoms with Crippen molar-refractivity contribution in [1.29, 1.82) is 0 Å². The predicted molar refractivity (Wildman–Crippen MR) is 79.5 cm³/mol. The maximum atomic E-state index is 14.6. The van der Waals surface area contributed by atoms with Crippen LogP contribution >= 0.6 is 0 Å². The Labute approximate surface area is 127 Å². The zero-order valence-electron chi connectivity index (χ0n) is 12.1. The Bertz CT molecular complexity index is 669. The van der Waals surface area contributed by atoms with Gasteiger partial charge in [-0.05, 0) is 36.2 Å². The molecule has 0 aromatic heterocycles. The monoisotopic (exact) mass is 305 g/mol. The lowest BCUT2D eigenvalue weighted by Crippen LogP contribution is -2.35. The number of hydrogen-bond donors (Lipinski definition) is 2. The molecule has 0 bridgehead atoms. The Morgan fingerprint density at radius 2 is 1.82 bits per heavy atom. The molecule has 3 N–H and O–H groups in total. The van der Waals surface area contributed by atoms with E-state index in [0.29, 0.717) is 5.56 Å². The summed E-state index contributed by atoms with van der Waals surface area (Å²) in [6.07, 6.45) is -1.86. The number of carbonyl (C=O) groups is 1. The molecule has 3 nitrogen and oxygen atoms in total. The maximum absolute atomic E-state index is 14.6. The minimum atomic E-state index is -1.81. The molecule has 0 spiro atoms. The maximum Gasteiger partial charge on any atom is 0.248 e. The van der Waals surface area contributed by atoms with E-state index in [1.165, 1.54) is 25.1 Å². The molecule has 2 atom stereocenters. The van der Waals surface area contributed by atoms with Gasteiger partial charge in [0.1, 0.15) is 17.6 Å². The fraction of sp³-hybridized carbons (Fsp3) is 0.235. The fourth-order valence-corrected chi connectivity index (χ4v) is 2.30. The average molecular weight is 305 g/mol. The molecule has 0 saturated heterocycles. The zero-order chi connectivity index (χ0) is 16.3. The van der Waals surface area contributed by atoms with E-state index in [1.54, 1.807) is 18.2 Å². The Morgan fingerprint density at radius 3 is 2.41 bits per heavy atom. The number of alkyl halides is 1. The number of primary amides is 1. The van der Waals surface area contributed by atoms with E-state index in [9.17, 15) is 18.7 Å². The smallest absolute Gasteiger partial charge is 0.248 e. The predicted octanol–water partition coefficient (Wildman–Crippen LogP) is 2.71. The van der Waals surface area contributed by atoms with Crippen molar-refractivity contribution in [3.8, 4) is 0 Å². The van der Waals surface area contributed by atoms with E-state index in [4.69, 9.17) is 5.73 Å². The molecular formula is C17H17F2NO2. The van der Waals surface area contributed by atoms with Crippen molar-refractivity contribution in [2.75, 3.05) is 0 Å². The van der Waals surface area contributed by atoms with Gasteiger partial charge < -0.3 is 10.8 Å². The van der Waals surface area contributed by atoms with Crippen molar-refractivity contribution in [3.05, 3.63) is 71.0 Å². The molecule has 1 amide bonds. The van der Waals surface area contributed by atoms with Gasteiger partial charge in [-0.1, -0.05) is 30.3 Å². The van der Waals surface area contributed by atoms with Crippen molar-refractivity contribution in [3.63, 3.8) is 0 Å². The highest BCUT2D eigenvalue weighted by molar-refractivity contribution is 5.94. The van der Waals surface area contributed by atoms with E-state index < -0.39 is 23.5 Å². The zero-order valence-corrected chi connectivity index (χ0v) is 12.1. The molecule has 0 heterocycles. The van der Waals surface area contributed by atoms with Crippen LogP contribution in [0.3, 0.4) is 0 Å². The van der Waals surface area contributed by atoms with Gasteiger partial charge in [-0.2, -0.15) is 0 Å². The minimum absolute atomic E-state index is 0.177. The highest BCUT2D eigenvalue weighted by Crippen LogP contribution is 2.30. The Morgan fingerprint density at radius 1 is 1.23 bits per heavy atom. The Kier molecular flexibility index (Phi) is 4.56. The number of nitrogens with two attached hydrogens (primary N) is 1. The SMILES string of the molecule is C[C@@](O)(c1ccc(F)cc1)[C@H](F)Cc1ccccc1C(N)=O. The van der Waals surface area contributed by atoms with Crippen molar-refractivity contribution in [2.24, 2.45) is 5.73 Å². The number of hydrogen-bond acceptors (Lipinski definition) is 2. The molecule has 0 aliphatic heterocycles. The van der Waals surface area contributed by atoms with Crippen LogP contribution in [0.1, 0.15) is 28.4 Å². The van der Waals surface area contributed by atoms with Crippen molar-refractivity contribution in [1.82, 2.24) is 0 Å². The summed E-state index contributed by atoms with van der Waals surface area (Å²) >= 11 is 0. The number of rotatable bonds is 5. The van der Waals surface area contributed by atoms with Crippen LogP contribution < -0.4 is 5.73 Å². The first-order chi connectivity index (χ1) is 10.3. The van der Waals surface area contributed by atoms with Gasteiger partial charge in [0.05, 0.1) is 0 Å². The van der Waals surface area contributed by atoms with E-state index in [-0.39, 0.29) is 17.5 Å². The molecule has 0 fully saturated rings.